The van der Waals surface area contributed by atoms with Crippen molar-refractivity contribution in [3.8, 4) is 11.1 Å². The van der Waals surface area contributed by atoms with Crippen molar-refractivity contribution < 1.29 is 4.39 Å². The molecule has 2 rings (SSSR count). The van der Waals surface area contributed by atoms with E-state index in [2.05, 4.69) is 37.5 Å². The summed E-state index contributed by atoms with van der Waals surface area (Å²) in [6.07, 6.45) is 0. The van der Waals surface area contributed by atoms with Gasteiger partial charge in [0, 0.05) is 23.0 Å². The lowest BCUT2D eigenvalue weighted by Crippen LogP contribution is -2.22. The quantitative estimate of drug-likeness (QED) is 0.864. The van der Waals surface area contributed by atoms with Gasteiger partial charge in [0.05, 0.1) is 0 Å². The highest BCUT2D eigenvalue weighted by Crippen LogP contribution is 2.26. The van der Waals surface area contributed by atoms with Crippen LogP contribution in [-0.4, -0.2) is 6.04 Å². The van der Waals surface area contributed by atoms with Crippen molar-refractivity contribution in [1.29, 1.82) is 0 Å². The predicted molar refractivity (Wildman–Crippen MR) is 76.4 cm³/mol. The maximum atomic E-state index is 13.7. The smallest absolute Gasteiger partial charge is 0.127 e. The highest BCUT2D eigenvalue weighted by molar-refractivity contribution is 7.10. The lowest BCUT2D eigenvalue weighted by atomic mass is 10.0. The van der Waals surface area contributed by atoms with Gasteiger partial charge in [-0.3, -0.25) is 0 Å². The zero-order valence-corrected chi connectivity index (χ0v) is 11.8. The molecule has 0 amide bonds. The van der Waals surface area contributed by atoms with Crippen LogP contribution in [0.25, 0.3) is 11.1 Å². The number of nitrogens with one attached hydrogen (secondary N) is 1. The Morgan fingerprint density at radius 3 is 2.61 bits per heavy atom. The zero-order chi connectivity index (χ0) is 13.1. The second kappa shape index (κ2) is 5.63. The molecule has 0 bridgehead atoms. The van der Waals surface area contributed by atoms with E-state index < -0.39 is 0 Å². The summed E-state index contributed by atoms with van der Waals surface area (Å²) in [5.41, 5.74) is 2.98. The summed E-state index contributed by atoms with van der Waals surface area (Å²) in [6.45, 7) is 6.77. The van der Waals surface area contributed by atoms with E-state index in [0.717, 1.165) is 11.1 Å². The van der Waals surface area contributed by atoms with E-state index in [1.54, 1.807) is 17.4 Å². The number of aryl methyl sites for hydroxylation is 1. The summed E-state index contributed by atoms with van der Waals surface area (Å²) in [5, 5.41) is 5.36. The van der Waals surface area contributed by atoms with Crippen LogP contribution in [0.15, 0.2) is 29.6 Å². The van der Waals surface area contributed by atoms with Gasteiger partial charge in [-0.2, -0.15) is 0 Å². The number of rotatable bonds is 4. The molecular formula is C15H18FNS. The topological polar surface area (TPSA) is 12.0 Å². The Bertz CT molecular complexity index is 531. The predicted octanol–water partition coefficient (Wildman–Crippen LogP) is 4.36. The van der Waals surface area contributed by atoms with Gasteiger partial charge >= 0.3 is 0 Å². The number of hydrogen-bond donors (Lipinski definition) is 1. The standard InChI is InChI=1S/C15H18FNS/c1-10(2)17-8-13-7-12(4-5-15(13)16)14-6-11(3)18-9-14/h4-7,9-10,17H,8H2,1-3H3. The normalized spacial score (nSPS) is 11.2. The van der Waals surface area contributed by atoms with E-state index in [9.17, 15) is 4.39 Å². The van der Waals surface area contributed by atoms with E-state index >= 15 is 0 Å². The molecule has 0 unspecified atom stereocenters. The fourth-order valence-electron chi connectivity index (χ4n) is 1.80. The number of halogens is 1. The van der Waals surface area contributed by atoms with Crippen LogP contribution in [0, 0.1) is 12.7 Å². The van der Waals surface area contributed by atoms with E-state index in [1.807, 2.05) is 12.1 Å². The van der Waals surface area contributed by atoms with E-state index in [1.165, 1.54) is 10.4 Å². The zero-order valence-electron chi connectivity index (χ0n) is 11.0. The molecule has 1 N–H and O–H groups in total. The fraction of sp³-hybridized carbons (Fsp3) is 0.333. The van der Waals surface area contributed by atoms with Gasteiger partial charge in [-0.1, -0.05) is 19.9 Å². The van der Waals surface area contributed by atoms with Crippen molar-refractivity contribution in [3.63, 3.8) is 0 Å². The van der Waals surface area contributed by atoms with Crippen molar-refractivity contribution in [2.45, 2.75) is 33.4 Å². The number of thiophene rings is 1. The van der Waals surface area contributed by atoms with Crippen molar-refractivity contribution in [1.82, 2.24) is 5.32 Å². The molecule has 0 saturated carbocycles. The second-order valence-electron chi connectivity index (χ2n) is 4.79. The molecule has 0 aliphatic heterocycles. The fourth-order valence-corrected chi connectivity index (χ4v) is 2.51. The molecule has 96 valence electrons. The first-order chi connectivity index (χ1) is 8.56. The molecule has 3 heteroatoms. The lowest BCUT2D eigenvalue weighted by Gasteiger charge is -2.10. The number of hydrogen-bond acceptors (Lipinski definition) is 2. The summed E-state index contributed by atoms with van der Waals surface area (Å²) in [4.78, 5) is 1.27. The van der Waals surface area contributed by atoms with Crippen molar-refractivity contribution in [2.24, 2.45) is 0 Å². The average molecular weight is 263 g/mol. The van der Waals surface area contributed by atoms with E-state index in [-0.39, 0.29) is 5.82 Å². The monoisotopic (exact) mass is 263 g/mol. The van der Waals surface area contributed by atoms with Crippen LogP contribution >= 0.6 is 11.3 Å². The molecule has 18 heavy (non-hydrogen) atoms. The van der Waals surface area contributed by atoms with Gasteiger partial charge < -0.3 is 5.32 Å². The molecule has 1 aromatic heterocycles. The van der Waals surface area contributed by atoms with Crippen LogP contribution in [0.4, 0.5) is 4.39 Å². The van der Waals surface area contributed by atoms with Gasteiger partial charge in [0.15, 0.2) is 0 Å². The van der Waals surface area contributed by atoms with Crippen LogP contribution in [0.2, 0.25) is 0 Å². The van der Waals surface area contributed by atoms with Crippen molar-refractivity contribution in [2.75, 3.05) is 0 Å². The first kappa shape index (κ1) is 13.2. The second-order valence-corrected chi connectivity index (χ2v) is 5.90. The summed E-state index contributed by atoms with van der Waals surface area (Å²) in [5.74, 6) is -0.140. The van der Waals surface area contributed by atoms with Crippen LogP contribution in [-0.2, 0) is 6.54 Å². The molecule has 0 spiro atoms. The van der Waals surface area contributed by atoms with Crippen LogP contribution in [0.3, 0.4) is 0 Å². The highest BCUT2D eigenvalue weighted by atomic mass is 32.1. The molecule has 0 saturated heterocycles. The highest BCUT2D eigenvalue weighted by Gasteiger charge is 2.06. The molecular weight excluding hydrogens is 245 g/mol. The molecule has 1 aromatic carbocycles. The minimum Gasteiger partial charge on any atom is -0.310 e. The van der Waals surface area contributed by atoms with Gasteiger partial charge in [-0.25, -0.2) is 4.39 Å². The summed E-state index contributed by atoms with van der Waals surface area (Å²) < 4.78 is 13.7. The van der Waals surface area contributed by atoms with Crippen molar-refractivity contribution in [3.05, 3.63) is 45.9 Å². The number of benzene rings is 1. The first-order valence-electron chi connectivity index (χ1n) is 6.13. The van der Waals surface area contributed by atoms with E-state index in [4.69, 9.17) is 0 Å². The molecule has 0 aliphatic carbocycles. The largest absolute Gasteiger partial charge is 0.310 e. The van der Waals surface area contributed by atoms with Crippen LogP contribution in [0.1, 0.15) is 24.3 Å². The Morgan fingerprint density at radius 2 is 2.00 bits per heavy atom. The average Bonchev–Trinajstić information content (AvgIpc) is 2.74. The molecule has 1 heterocycles. The Hall–Kier alpha value is -1.19. The minimum absolute atomic E-state index is 0.140. The van der Waals surface area contributed by atoms with Gasteiger partial charge in [0.25, 0.3) is 0 Å². The lowest BCUT2D eigenvalue weighted by molar-refractivity contribution is 0.553. The third-order valence-electron chi connectivity index (χ3n) is 2.81. The van der Waals surface area contributed by atoms with Crippen molar-refractivity contribution >= 4 is 11.3 Å². The third kappa shape index (κ3) is 3.18. The summed E-state index contributed by atoms with van der Waals surface area (Å²) in [6, 6.07) is 7.83. The molecule has 0 aliphatic rings. The Kier molecular flexibility index (Phi) is 4.15. The molecule has 0 radical (unpaired) electrons. The Morgan fingerprint density at radius 1 is 1.22 bits per heavy atom. The maximum Gasteiger partial charge on any atom is 0.127 e. The first-order valence-corrected chi connectivity index (χ1v) is 7.01. The van der Waals surface area contributed by atoms with Crippen LogP contribution < -0.4 is 5.32 Å². The SMILES string of the molecule is Cc1cc(-c2ccc(F)c(CNC(C)C)c2)cs1. The van der Waals surface area contributed by atoms with Gasteiger partial charge in [-0.15, -0.1) is 11.3 Å². The van der Waals surface area contributed by atoms with E-state index in [0.29, 0.717) is 12.6 Å². The van der Waals surface area contributed by atoms with Gasteiger partial charge in [-0.05, 0) is 41.6 Å². The van der Waals surface area contributed by atoms with Gasteiger partial charge in [0.1, 0.15) is 5.82 Å². The third-order valence-corrected chi connectivity index (χ3v) is 3.67. The molecule has 0 atom stereocenters. The summed E-state index contributed by atoms with van der Waals surface area (Å²) >= 11 is 1.72. The van der Waals surface area contributed by atoms with Gasteiger partial charge in [0.2, 0.25) is 0 Å². The maximum absolute atomic E-state index is 13.7. The summed E-state index contributed by atoms with van der Waals surface area (Å²) in [7, 11) is 0. The minimum atomic E-state index is -0.140. The molecule has 2 aromatic rings. The molecule has 1 nitrogen and oxygen atoms in total. The molecule has 0 fully saturated rings. The Balaban J connectivity index is 2.25. The van der Waals surface area contributed by atoms with Crippen LogP contribution in [0.5, 0.6) is 0 Å². The Labute approximate surface area is 112 Å².